The summed E-state index contributed by atoms with van der Waals surface area (Å²) in [6, 6.07) is 18.4. The molecule has 20 aliphatic heterocycles. The molecular weight excluding hydrogens is 2260 g/mol. The fraction of sp³-hybridized carbons (Fsp3) is 0.904. The van der Waals surface area contributed by atoms with E-state index in [0.29, 0.717) is 127 Å². The first kappa shape index (κ1) is 135. The molecule has 0 amide bonds. The zero-order valence-electron chi connectivity index (χ0n) is 98.7. The van der Waals surface area contributed by atoms with Gasteiger partial charge in [-0.2, -0.15) is 0 Å². The van der Waals surface area contributed by atoms with Crippen LogP contribution in [0.5, 0.6) is 0 Å². The monoisotopic (exact) mass is 2500 g/mol. The number of hydrogen-bond acceptors (Lipinski definition) is 2. The first-order valence-electron chi connectivity index (χ1n) is 62.5. The fourth-order valence-electron chi connectivity index (χ4n) is 32.9. The van der Waals surface area contributed by atoms with Crippen molar-refractivity contribution in [2.45, 2.75) is 465 Å². The minimum absolute atomic E-state index is 0. The van der Waals surface area contributed by atoms with Crippen LogP contribution in [0.25, 0.3) is 0 Å². The number of fused-ring (bicyclic) bond motifs is 2. The van der Waals surface area contributed by atoms with Gasteiger partial charge in [0, 0.05) is 56.8 Å². The second-order valence-corrected chi connectivity index (χ2v) is 104. The maximum Gasteiger partial charge on any atom is 0.0660 e. The Bertz CT molecular complexity index is 3390. The Balaban J connectivity index is 0.000000146. The molecule has 2 nitrogen and oxygen atoms in total. The molecule has 40 atom stereocenters. The van der Waals surface area contributed by atoms with Crippen molar-refractivity contribution in [3.63, 3.8) is 0 Å². The summed E-state index contributed by atoms with van der Waals surface area (Å²) in [6.07, 6.45) is 108. The van der Waals surface area contributed by atoms with Gasteiger partial charge >= 0.3 is 0 Å². The number of hydrogen-bond donors (Lipinski definition) is 0. The van der Waals surface area contributed by atoms with Crippen molar-refractivity contribution < 1.29 is 43.6 Å². The van der Waals surface area contributed by atoms with Crippen LogP contribution in [0.1, 0.15) is 362 Å². The summed E-state index contributed by atoms with van der Waals surface area (Å²) >= 11 is 0. The Morgan fingerprint density at radius 3 is 0.557 bits per heavy atom. The number of ether oxygens (including phenoxy) is 2. The van der Waals surface area contributed by atoms with Crippen LogP contribution in [0, 0.1) is 0 Å². The SMILES string of the molecule is C.C1CCC([P@@]2CCC[C@@H]2[C@H]2CCC[P@]2C2CCCC2)C1.C1CCCC1.C1CCCC1.C[P@@]1CCCC[C@@H]1[C@H]1CCCC[P@]1C.C[P@@]1CCC[C@@H]1[C@H]1CCC[P@]1C.C[P@@]1CCC[C@@H]1[C@H]1CCC[P@]1C.C[P@@]1CCC[C@@H]1[C@H]1CCC[P@]1C.C[P@@]1CCC[C@@H]1[C@H]1CCC[P@]1C.C[P@@]1CCC[C@@H]1[C@H]1CCC[P@]1C.C[P@@]1CC[C@@H]1[C@H]1CC[P@]1C.C[P@@]1COC[C@@H]1[C@H]1COC[P@]1C.C[P@@]1Cc2ccccc2[C@@H]1[C@H]1c2ccccc2C[P@]1C.[Fe].[Fe]. The van der Waals surface area contributed by atoms with Gasteiger partial charge in [-0.05, 0) is 573 Å². The molecule has 18 saturated heterocycles. The van der Waals surface area contributed by atoms with Gasteiger partial charge in [-0.25, -0.2) is 0 Å². The van der Waals surface area contributed by atoms with E-state index in [9.17, 15) is 0 Å². The van der Waals surface area contributed by atoms with Crippen molar-refractivity contribution in [1.29, 1.82) is 0 Å². The molecular formula is C125H232Fe2O2P20. The predicted molar refractivity (Wildman–Crippen MR) is 724 cm³/mol. The quantitative estimate of drug-likeness (QED) is 0.156. The Hall–Kier alpha value is 8.00. The Labute approximate surface area is 973 Å². The number of benzene rings is 2. The maximum absolute atomic E-state index is 5.51. The third-order valence-corrected chi connectivity index (χ3v) is 99.8. The normalized spacial score (nSPS) is 42.9. The molecule has 149 heavy (non-hydrogen) atoms. The van der Waals surface area contributed by atoms with Crippen molar-refractivity contribution in [2.24, 2.45) is 0 Å². The molecule has 20 heterocycles. The molecule has 0 aromatic heterocycles. The Kier molecular flexibility index (Phi) is 65.5. The van der Waals surface area contributed by atoms with Gasteiger partial charge in [0.05, 0.1) is 25.9 Å². The van der Waals surface area contributed by atoms with E-state index in [-0.39, 0.29) is 73.3 Å². The van der Waals surface area contributed by atoms with E-state index >= 15 is 0 Å². The molecule has 2 aromatic carbocycles. The van der Waals surface area contributed by atoms with Crippen molar-refractivity contribution in [3.8, 4) is 0 Å². The van der Waals surface area contributed by atoms with Gasteiger partial charge < -0.3 is 9.47 Å². The molecule has 4 saturated carbocycles. The summed E-state index contributed by atoms with van der Waals surface area (Å²) < 4.78 is 11.0. The standard InChI is InChI=1S/C18H20P2.C18H32P2.C12H24P2.5C10H20P2.C8H16O2P2.C8H16P2.2C5H10.CH4.2Fe/c1-19-11-13-7-3-5-9-15(13)17(19)18-16-10-6-4-8-14(16)12-20(18)2;1-2-8-15(7-1)19-13-5-11-17(19)18-12-6-14-20(18)16-9-3-4-10-16;1-13-9-5-3-7-11(13)12-8-4-6-10-14(12)2;5*1-11-7-3-5-9(11)10-6-4-8-12(10)2;1-11-5-9-3-7(11)8-4-10-6-12(8)2;1-9-5-3-7(9)8-4-6-10(8)2;2*1-2-4-5-3-1;;;/h3-10,17-18H,11-12H2,1-2H3;15-18H,1-14H2;11-12H,3-10H2,1-2H3;5*9-10H,3-8H2,1-2H3;7-8H,3-6H2,1-2H3;7-8H,3-6H2,1-2H3;2*1-5H2;1H4;;/t17-,18-,19+,20+;17-,18-,19-,20-;11-,12-,13+,14+;5*9-,10-,11+,12+;7-,8-,11+,12+;7-,8-,9+,10+;;;;;/m1111111111...../s1. The molecule has 24 heteroatoms. The average Bonchev–Trinajstić information content (AvgIpc) is 1.60. The fourth-order valence-corrected chi connectivity index (χ4v) is 94.3. The van der Waals surface area contributed by atoms with Gasteiger partial charge in [0.1, 0.15) is 0 Å². The molecule has 0 unspecified atom stereocenters. The second-order valence-electron chi connectivity index (χ2n) is 51.7. The van der Waals surface area contributed by atoms with E-state index in [4.69, 9.17) is 9.47 Å². The summed E-state index contributed by atoms with van der Waals surface area (Å²) in [5.41, 5.74) is 31.6. The summed E-state index contributed by atoms with van der Waals surface area (Å²) in [4.78, 5) is 0. The third-order valence-electron chi connectivity index (χ3n) is 42.0. The molecule has 0 radical (unpaired) electrons. The minimum Gasteiger partial charge on any atom is -0.376 e. The van der Waals surface area contributed by atoms with E-state index in [1.54, 1.807) is 352 Å². The van der Waals surface area contributed by atoms with Crippen LogP contribution in [0.2, 0.25) is 0 Å². The van der Waals surface area contributed by atoms with Crippen molar-refractivity contribution in [3.05, 3.63) is 70.8 Å². The van der Waals surface area contributed by atoms with Gasteiger partial charge in [0.2, 0.25) is 0 Å². The molecule has 26 rings (SSSR count). The molecule has 2 aromatic rings. The smallest absolute Gasteiger partial charge is 0.0660 e. The first-order valence-corrected chi connectivity index (χ1v) is 103. The van der Waals surface area contributed by atoms with Gasteiger partial charge in [-0.1, -0.05) is 206 Å². The minimum atomic E-state index is 0. The first-order chi connectivity index (χ1) is 71.0. The molecule has 0 N–H and O–H groups in total. The molecule has 0 spiro atoms. The van der Waals surface area contributed by atoms with Crippen LogP contribution < -0.4 is 0 Å². The summed E-state index contributed by atoms with van der Waals surface area (Å²) in [7, 11) is 7.76. The molecule has 0 bridgehead atoms. The van der Waals surface area contributed by atoms with Gasteiger partial charge in [-0.15, -0.1) is 111 Å². The van der Waals surface area contributed by atoms with E-state index in [2.05, 4.69) is 168 Å². The van der Waals surface area contributed by atoms with Crippen LogP contribution in [0.4, 0.5) is 0 Å². The topological polar surface area (TPSA) is 18.5 Å². The molecule has 860 valence electrons. The summed E-state index contributed by atoms with van der Waals surface area (Å²) in [6.45, 7) is 47.5. The maximum atomic E-state index is 5.51. The van der Waals surface area contributed by atoms with Gasteiger partial charge in [-0.3, -0.25) is 0 Å². The van der Waals surface area contributed by atoms with Crippen molar-refractivity contribution in [2.75, 3.05) is 244 Å². The van der Waals surface area contributed by atoms with E-state index in [1.165, 1.54) is 204 Å². The zero-order valence-corrected chi connectivity index (χ0v) is 119. The van der Waals surface area contributed by atoms with E-state index in [1.807, 2.05) is 0 Å². The molecule has 22 fully saturated rings. The van der Waals surface area contributed by atoms with Gasteiger partial charge in [0.25, 0.3) is 0 Å². The van der Waals surface area contributed by atoms with Crippen molar-refractivity contribution >= 4 is 158 Å². The van der Waals surface area contributed by atoms with Crippen molar-refractivity contribution in [1.82, 2.24) is 0 Å². The van der Waals surface area contributed by atoms with E-state index < -0.39 is 0 Å². The van der Waals surface area contributed by atoms with E-state index in [0.717, 1.165) is 48.5 Å². The van der Waals surface area contributed by atoms with Crippen LogP contribution >= 0.6 is 158 Å². The van der Waals surface area contributed by atoms with Crippen LogP contribution in [-0.2, 0) is 55.9 Å². The summed E-state index contributed by atoms with van der Waals surface area (Å²) in [5.74, 6) is 0. The van der Waals surface area contributed by atoms with Crippen LogP contribution in [0.3, 0.4) is 0 Å². The van der Waals surface area contributed by atoms with Gasteiger partial charge in [0.15, 0.2) is 0 Å². The zero-order chi connectivity index (χ0) is 103. The molecule has 4 aliphatic carbocycles. The number of rotatable bonds is 12. The van der Waals surface area contributed by atoms with Crippen LogP contribution in [0.15, 0.2) is 48.5 Å². The second kappa shape index (κ2) is 72.1. The van der Waals surface area contributed by atoms with Crippen LogP contribution in [-0.4, -0.2) is 358 Å². The Morgan fingerprint density at radius 1 is 0.174 bits per heavy atom. The third kappa shape index (κ3) is 39.5. The predicted octanol–water partition coefficient (Wildman–Crippen LogP) is 43.1. The molecule has 24 aliphatic rings. The largest absolute Gasteiger partial charge is 0.376 e. The summed E-state index contributed by atoms with van der Waals surface area (Å²) in [5, 5.41) is 0. The average molecular weight is 2500 g/mol. The Morgan fingerprint density at radius 2 is 0.362 bits per heavy atom.